The quantitative estimate of drug-likeness (QED) is 0.300. The van der Waals surface area contributed by atoms with Gasteiger partial charge >= 0.3 is 5.97 Å². The van der Waals surface area contributed by atoms with Gasteiger partial charge in [0.1, 0.15) is 12.1 Å². The van der Waals surface area contributed by atoms with Crippen LogP contribution < -0.4 is 16.4 Å². The van der Waals surface area contributed by atoms with E-state index in [1.165, 1.54) is 12.5 Å². The molecule has 0 saturated carbocycles. The molecule has 25 heavy (non-hydrogen) atoms. The first-order valence-corrected chi connectivity index (χ1v) is 8.55. The summed E-state index contributed by atoms with van der Waals surface area (Å²) >= 11 is 3.96. The summed E-state index contributed by atoms with van der Waals surface area (Å²) in [5, 5.41) is 14.3. The lowest BCUT2D eigenvalue weighted by atomic mass is 10.0. The van der Waals surface area contributed by atoms with E-state index >= 15 is 0 Å². The predicted octanol–water partition coefficient (Wildman–Crippen LogP) is -0.690. The molecular formula is C15H25N5O4S. The normalized spacial score (nSPS) is 14.6. The van der Waals surface area contributed by atoms with Gasteiger partial charge in [0.2, 0.25) is 11.8 Å². The fraction of sp³-hybridized carbons (Fsp3) is 0.600. The van der Waals surface area contributed by atoms with Crippen molar-refractivity contribution < 1.29 is 19.5 Å². The third-order valence-corrected chi connectivity index (χ3v) is 3.86. The number of aliphatic carboxylic acids is 1. The first kappa shape index (κ1) is 21.0. The van der Waals surface area contributed by atoms with Crippen molar-refractivity contribution in [2.75, 3.05) is 5.75 Å². The lowest BCUT2D eigenvalue weighted by molar-refractivity contribution is -0.142. The minimum absolute atomic E-state index is 0.0830. The largest absolute Gasteiger partial charge is 0.480 e. The summed E-state index contributed by atoms with van der Waals surface area (Å²) in [5.41, 5.74) is 6.24. The summed E-state index contributed by atoms with van der Waals surface area (Å²) in [4.78, 5) is 42.6. The van der Waals surface area contributed by atoms with Crippen molar-refractivity contribution in [3.05, 3.63) is 18.2 Å². The second-order valence-corrected chi connectivity index (χ2v) is 6.53. The SMILES string of the molecule is CC(C)C[C@H](NC(=O)[C@H](Cc1cnc[nH]1)NC(=O)[C@@H](N)CS)C(=O)O. The molecule has 9 nitrogen and oxygen atoms in total. The van der Waals surface area contributed by atoms with Gasteiger partial charge in [0.15, 0.2) is 0 Å². The molecule has 0 saturated heterocycles. The zero-order chi connectivity index (χ0) is 19.0. The van der Waals surface area contributed by atoms with Crippen molar-refractivity contribution in [2.45, 2.75) is 44.8 Å². The number of carbonyl (C=O) groups excluding carboxylic acids is 2. The van der Waals surface area contributed by atoms with E-state index in [-0.39, 0.29) is 24.5 Å². The summed E-state index contributed by atoms with van der Waals surface area (Å²) in [5.74, 6) is -2.05. The molecule has 0 spiro atoms. The Morgan fingerprint density at radius 3 is 2.40 bits per heavy atom. The third kappa shape index (κ3) is 7.14. The smallest absolute Gasteiger partial charge is 0.326 e. The van der Waals surface area contributed by atoms with Gasteiger partial charge in [-0.2, -0.15) is 12.6 Å². The van der Waals surface area contributed by atoms with Gasteiger partial charge in [0.25, 0.3) is 0 Å². The fourth-order valence-electron chi connectivity index (χ4n) is 2.15. The Morgan fingerprint density at radius 2 is 1.92 bits per heavy atom. The number of imidazole rings is 1. The van der Waals surface area contributed by atoms with Gasteiger partial charge in [-0.1, -0.05) is 13.8 Å². The van der Waals surface area contributed by atoms with E-state index in [1.807, 2.05) is 13.8 Å². The number of rotatable bonds is 10. The number of aromatic nitrogens is 2. The van der Waals surface area contributed by atoms with Gasteiger partial charge < -0.3 is 26.5 Å². The molecule has 0 radical (unpaired) electrons. The molecule has 0 bridgehead atoms. The van der Waals surface area contributed by atoms with Crippen molar-refractivity contribution in [2.24, 2.45) is 11.7 Å². The highest BCUT2D eigenvalue weighted by Gasteiger charge is 2.28. The van der Waals surface area contributed by atoms with Gasteiger partial charge in [0.05, 0.1) is 12.4 Å². The number of carbonyl (C=O) groups is 3. The van der Waals surface area contributed by atoms with Gasteiger partial charge in [-0.25, -0.2) is 9.78 Å². The number of thiol groups is 1. The topological polar surface area (TPSA) is 150 Å². The lowest BCUT2D eigenvalue weighted by Crippen LogP contribution is -2.55. The molecular weight excluding hydrogens is 346 g/mol. The van der Waals surface area contributed by atoms with Gasteiger partial charge in [-0.15, -0.1) is 0 Å². The van der Waals surface area contributed by atoms with E-state index in [1.54, 1.807) is 0 Å². The molecule has 3 atom stereocenters. The second-order valence-electron chi connectivity index (χ2n) is 6.16. The molecule has 1 aromatic heterocycles. The summed E-state index contributed by atoms with van der Waals surface area (Å²) in [6, 6.07) is -2.88. The lowest BCUT2D eigenvalue weighted by Gasteiger charge is -2.23. The average molecular weight is 371 g/mol. The molecule has 0 aliphatic heterocycles. The Kier molecular flexibility index (Phi) is 8.42. The Morgan fingerprint density at radius 1 is 1.28 bits per heavy atom. The summed E-state index contributed by atoms with van der Waals surface area (Å²) in [7, 11) is 0. The standard InChI is InChI=1S/C15H25N5O4S/c1-8(2)3-12(15(23)24)20-14(22)11(4-9-5-17-7-18-9)19-13(21)10(16)6-25/h5,7-8,10-12,25H,3-4,6,16H2,1-2H3,(H,17,18)(H,19,21)(H,20,22)(H,23,24)/t10-,11-,12-/m0/s1. The van der Waals surface area contributed by atoms with Crippen LogP contribution in [-0.2, 0) is 20.8 Å². The number of H-pyrrole nitrogens is 1. The number of hydrogen-bond acceptors (Lipinski definition) is 6. The van der Waals surface area contributed by atoms with E-state index in [4.69, 9.17) is 5.73 Å². The molecule has 0 aliphatic carbocycles. The van der Waals surface area contributed by atoms with Gasteiger partial charge in [-0.3, -0.25) is 9.59 Å². The first-order chi connectivity index (χ1) is 11.7. The summed E-state index contributed by atoms with van der Waals surface area (Å²) in [6.07, 6.45) is 3.38. The van der Waals surface area contributed by atoms with Crippen LogP contribution in [0, 0.1) is 5.92 Å². The van der Waals surface area contributed by atoms with E-state index < -0.39 is 35.9 Å². The molecule has 2 amide bonds. The van der Waals surface area contributed by atoms with Crippen molar-refractivity contribution in [1.82, 2.24) is 20.6 Å². The highest BCUT2D eigenvalue weighted by Crippen LogP contribution is 2.07. The van der Waals surface area contributed by atoms with Crippen LogP contribution in [0.2, 0.25) is 0 Å². The predicted molar refractivity (Wildman–Crippen MR) is 95.1 cm³/mol. The van der Waals surface area contributed by atoms with Crippen molar-refractivity contribution in [3.8, 4) is 0 Å². The highest BCUT2D eigenvalue weighted by molar-refractivity contribution is 7.80. The Labute approximate surface area is 151 Å². The van der Waals surface area contributed by atoms with E-state index in [2.05, 4.69) is 33.2 Å². The molecule has 1 aromatic rings. The Bertz CT molecular complexity index is 578. The summed E-state index contributed by atoms with van der Waals surface area (Å²) in [6.45, 7) is 3.72. The zero-order valence-corrected chi connectivity index (χ0v) is 15.1. The van der Waals surface area contributed by atoms with Gasteiger partial charge in [-0.05, 0) is 12.3 Å². The van der Waals surface area contributed by atoms with Gasteiger partial charge in [0, 0.05) is 24.1 Å². The maximum Gasteiger partial charge on any atom is 0.326 e. The monoisotopic (exact) mass is 371 g/mol. The third-order valence-electron chi connectivity index (χ3n) is 3.47. The van der Waals surface area contributed by atoms with E-state index in [0.29, 0.717) is 5.69 Å². The number of aromatic amines is 1. The minimum Gasteiger partial charge on any atom is -0.480 e. The zero-order valence-electron chi connectivity index (χ0n) is 14.2. The molecule has 1 rings (SSSR count). The molecule has 140 valence electrons. The van der Waals surface area contributed by atoms with Crippen molar-refractivity contribution in [1.29, 1.82) is 0 Å². The molecule has 1 heterocycles. The number of nitrogens with one attached hydrogen (secondary N) is 3. The average Bonchev–Trinajstić information content (AvgIpc) is 3.05. The molecule has 6 N–H and O–H groups in total. The van der Waals surface area contributed by atoms with Crippen molar-refractivity contribution in [3.63, 3.8) is 0 Å². The Hall–Kier alpha value is -2.07. The number of nitrogens with zero attached hydrogens (tertiary/aromatic N) is 1. The number of carboxylic acids is 1. The molecule has 0 unspecified atom stereocenters. The number of nitrogens with two attached hydrogens (primary N) is 1. The number of hydrogen-bond donors (Lipinski definition) is 6. The maximum absolute atomic E-state index is 12.5. The maximum atomic E-state index is 12.5. The second kappa shape index (κ2) is 10.0. The molecule has 0 aromatic carbocycles. The number of carboxylic acid groups (broad SMARTS) is 1. The van der Waals surface area contributed by atoms with Crippen LogP contribution in [0.3, 0.4) is 0 Å². The first-order valence-electron chi connectivity index (χ1n) is 7.91. The van der Waals surface area contributed by atoms with Crippen LogP contribution in [-0.4, -0.2) is 56.7 Å². The molecule has 10 heteroatoms. The minimum atomic E-state index is -1.12. The highest BCUT2D eigenvalue weighted by atomic mass is 32.1. The van der Waals surface area contributed by atoms with E-state index in [0.717, 1.165) is 0 Å². The van der Waals surface area contributed by atoms with Crippen LogP contribution in [0.5, 0.6) is 0 Å². The molecule has 0 fully saturated rings. The van der Waals surface area contributed by atoms with Crippen molar-refractivity contribution >= 4 is 30.4 Å². The fourth-order valence-corrected chi connectivity index (χ4v) is 2.32. The molecule has 0 aliphatic rings. The van der Waals surface area contributed by atoms with Crippen LogP contribution in [0.25, 0.3) is 0 Å². The number of amides is 2. The van der Waals surface area contributed by atoms with E-state index in [9.17, 15) is 19.5 Å². The summed E-state index contributed by atoms with van der Waals surface area (Å²) < 4.78 is 0. The van der Waals surface area contributed by atoms with Crippen LogP contribution in [0.4, 0.5) is 0 Å². The van der Waals surface area contributed by atoms with Crippen LogP contribution in [0.15, 0.2) is 12.5 Å². The Balaban J connectivity index is 2.86. The van der Waals surface area contributed by atoms with Crippen LogP contribution in [0.1, 0.15) is 26.0 Å². The van der Waals surface area contributed by atoms with Crippen LogP contribution >= 0.6 is 12.6 Å².